The van der Waals surface area contributed by atoms with Crippen LogP contribution in [-0.4, -0.2) is 5.71 Å². The van der Waals surface area contributed by atoms with Crippen molar-refractivity contribution in [1.29, 1.82) is 0 Å². The SMILES string of the molecule is C=C(C)C(=C/C)/C(C(=C)C)=C(\CCC(C)CC)N=C(C)C. The van der Waals surface area contributed by atoms with E-state index in [-0.39, 0.29) is 0 Å². The van der Waals surface area contributed by atoms with E-state index in [1.807, 2.05) is 6.92 Å². The summed E-state index contributed by atoms with van der Waals surface area (Å²) in [5.74, 6) is 0.720. The fourth-order valence-electron chi connectivity index (χ4n) is 2.33. The maximum Gasteiger partial charge on any atom is 0.0483 e. The topological polar surface area (TPSA) is 12.4 Å². The lowest BCUT2D eigenvalue weighted by molar-refractivity contribution is 0.513. The molecule has 0 bridgehead atoms. The molecule has 0 saturated carbocycles. The Labute approximate surface area is 132 Å². The fraction of sp³-hybridized carbons (Fsp3) is 0.550. The minimum absolute atomic E-state index is 0.720. The first-order valence-electron chi connectivity index (χ1n) is 7.97. The Morgan fingerprint density at radius 3 is 2.00 bits per heavy atom. The average Bonchev–Trinajstić information content (AvgIpc) is 2.39. The molecule has 1 nitrogen and oxygen atoms in total. The van der Waals surface area contributed by atoms with Crippen LogP contribution in [-0.2, 0) is 0 Å². The lowest BCUT2D eigenvalue weighted by atomic mass is 9.90. The van der Waals surface area contributed by atoms with Crippen LogP contribution < -0.4 is 0 Å². The van der Waals surface area contributed by atoms with Gasteiger partial charge in [0.05, 0.1) is 0 Å². The molecule has 0 heterocycles. The number of allylic oxidation sites excluding steroid dienone is 6. The van der Waals surface area contributed by atoms with E-state index in [4.69, 9.17) is 4.99 Å². The van der Waals surface area contributed by atoms with E-state index in [0.29, 0.717) is 0 Å². The zero-order chi connectivity index (χ0) is 16.6. The van der Waals surface area contributed by atoms with Crippen LogP contribution in [0.5, 0.6) is 0 Å². The molecule has 0 fully saturated rings. The van der Waals surface area contributed by atoms with E-state index in [9.17, 15) is 0 Å². The molecule has 0 rings (SSSR count). The van der Waals surface area contributed by atoms with Crippen molar-refractivity contribution in [2.45, 2.75) is 67.7 Å². The smallest absolute Gasteiger partial charge is 0.0483 e. The summed E-state index contributed by atoms with van der Waals surface area (Å²) in [6.07, 6.45) is 5.48. The molecule has 0 spiro atoms. The average molecular weight is 287 g/mol. The standard InChI is InChI=1S/C20H33N/c1-10-17(9)12-13-19(21-16(7)8)20(15(5)6)18(11-2)14(3)4/h11,17H,3,5,10,12-13H2,1-2,4,6-9H3/b18-11-,20-19+. The van der Waals surface area contributed by atoms with Gasteiger partial charge in [-0.2, -0.15) is 0 Å². The lowest BCUT2D eigenvalue weighted by Crippen LogP contribution is -2.02. The van der Waals surface area contributed by atoms with Crippen molar-refractivity contribution in [3.63, 3.8) is 0 Å². The largest absolute Gasteiger partial charge is 0.262 e. The number of nitrogens with zero attached hydrogens (tertiary/aromatic N) is 1. The van der Waals surface area contributed by atoms with Crippen LogP contribution in [0, 0.1) is 5.92 Å². The quantitative estimate of drug-likeness (QED) is 0.350. The Morgan fingerprint density at radius 2 is 1.67 bits per heavy atom. The molecule has 1 unspecified atom stereocenters. The predicted molar refractivity (Wildman–Crippen MR) is 97.9 cm³/mol. The van der Waals surface area contributed by atoms with Crippen LogP contribution in [0.3, 0.4) is 0 Å². The third-order valence-electron chi connectivity index (χ3n) is 3.66. The van der Waals surface area contributed by atoms with Crippen LogP contribution in [0.25, 0.3) is 0 Å². The van der Waals surface area contributed by atoms with E-state index in [1.54, 1.807) is 0 Å². The van der Waals surface area contributed by atoms with Gasteiger partial charge < -0.3 is 0 Å². The van der Waals surface area contributed by atoms with Gasteiger partial charge in [-0.05, 0) is 64.5 Å². The summed E-state index contributed by atoms with van der Waals surface area (Å²) in [5, 5.41) is 0. The minimum atomic E-state index is 0.720. The highest BCUT2D eigenvalue weighted by Crippen LogP contribution is 2.31. The van der Waals surface area contributed by atoms with Crippen LogP contribution in [0.4, 0.5) is 0 Å². The zero-order valence-corrected chi connectivity index (χ0v) is 15.1. The number of hydrogen-bond donors (Lipinski definition) is 0. The van der Waals surface area contributed by atoms with Gasteiger partial charge in [-0.1, -0.05) is 45.1 Å². The Balaban J connectivity index is 5.89. The van der Waals surface area contributed by atoms with E-state index in [2.05, 4.69) is 60.8 Å². The lowest BCUT2D eigenvalue weighted by Gasteiger charge is -2.18. The summed E-state index contributed by atoms with van der Waals surface area (Å²) < 4.78 is 0. The Hall–Kier alpha value is -1.37. The zero-order valence-electron chi connectivity index (χ0n) is 15.1. The van der Waals surface area contributed by atoms with Gasteiger partial charge in [-0.15, -0.1) is 0 Å². The normalized spacial score (nSPS) is 14.3. The maximum absolute atomic E-state index is 4.81. The van der Waals surface area contributed by atoms with Crippen molar-refractivity contribution in [1.82, 2.24) is 0 Å². The molecule has 0 amide bonds. The minimum Gasteiger partial charge on any atom is -0.262 e. The van der Waals surface area contributed by atoms with Crippen molar-refractivity contribution < 1.29 is 0 Å². The van der Waals surface area contributed by atoms with Gasteiger partial charge in [0, 0.05) is 17.0 Å². The molecule has 0 saturated heterocycles. The van der Waals surface area contributed by atoms with Gasteiger partial charge in [-0.3, -0.25) is 4.99 Å². The summed E-state index contributed by atoms with van der Waals surface area (Å²) in [5.41, 5.74) is 6.72. The molecule has 0 aromatic carbocycles. The van der Waals surface area contributed by atoms with Crippen molar-refractivity contribution >= 4 is 5.71 Å². The molecule has 0 aliphatic rings. The molecule has 0 aromatic rings. The van der Waals surface area contributed by atoms with Gasteiger partial charge in [0.1, 0.15) is 0 Å². The molecule has 0 radical (unpaired) electrons. The number of hydrogen-bond acceptors (Lipinski definition) is 1. The molecule has 1 heteroatoms. The summed E-state index contributed by atoms with van der Waals surface area (Å²) >= 11 is 0. The van der Waals surface area contributed by atoms with Gasteiger partial charge in [0.25, 0.3) is 0 Å². The Kier molecular flexibility index (Phi) is 8.92. The van der Waals surface area contributed by atoms with Gasteiger partial charge in [0.15, 0.2) is 0 Å². The Bertz CT molecular complexity index is 468. The highest BCUT2D eigenvalue weighted by atomic mass is 14.8. The molecular formula is C20H33N. The van der Waals surface area contributed by atoms with Crippen LogP contribution in [0.15, 0.2) is 52.2 Å². The fourth-order valence-corrected chi connectivity index (χ4v) is 2.33. The van der Waals surface area contributed by atoms with Crippen LogP contribution >= 0.6 is 0 Å². The molecule has 0 aliphatic carbocycles. The first kappa shape index (κ1) is 19.6. The second kappa shape index (κ2) is 9.55. The van der Waals surface area contributed by atoms with Crippen LogP contribution in [0.2, 0.25) is 0 Å². The molecule has 1 atom stereocenters. The van der Waals surface area contributed by atoms with E-state index in [1.165, 1.54) is 17.6 Å². The Morgan fingerprint density at radius 1 is 1.10 bits per heavy atom. The van der Waals surface area contributed by atoms with Gasteiger partial charge >= 0.3 is 0 Å². The van der Waals surface area contributed by atoms with E-state index >= 15 is 0 Å². The molecule has 0 aliphatic heterocycles. The van der Waals surface area contributed by atoms with Crippen molar-refractivity contribution in [2.24, 2.45) is 10.9 Å². The summed E-state index contributed by atoms with van der Waals surface area (Å²) in [6, 6.07) is 0. The third-order valence-corrected chi connectivity index (χ3v) is 3.66. The number of aliphatic imine (C=N–C) groups is 1. The van der Waals surface area contributed by atoms with Gasteiger partial charge in [0.2, 0.25) is 0 Å². The van der Waals surface area contributed by atoms with Crippen LogP contribution in [0.1, 0.15) is 67.7 Å². The van der Waals surface area contributed by atoms with Crippen molar-refractivity contribution in [3.05, 3.63) is 47.2 Å². The maximum atomic E-state index is 4.81. The molecule has 0 N–H and O–H groups in total. The monoisotopic (exact) mass is 287 g/mol. The van der Waals surface area contributed by atoms with Gasteiger partial charge in [-0.25, -0.2) is 0 Å². The van der Waals surface area contributed by atoms with E-state index in [0.717, 1.165) is 41.3 Å². The molecule has 21 heavy (non-hydrogen) atoms. The molecule has 0 aromatic heterocycles. The second-order valence-corrected chi connectivity index (χ2v) is 6.20. The first-order valence-corrected chi connectivity index (χ1v) is 7.97. The predicted octanol–water partition coefficient (Wildman–Crippen LogP) is 6.65. The second-order valence-electron chi connectivity index (χ2n) is 6.20. The highest BCUT2D eigenvalue weighted by Gasteiger charge is 2.14. The summed E-state index contributed by atoms with van der Waals surface area (Å²) in [6.45, 7) is 23.1. The van der Waals surface area contributed by atoms with E-state index < -0.39 is 0 Å². The summed E-state index contributed by atoms with van der Waals surface area (Å²) in [7, 11) is 0. The van der Waals surface area contributed by atoms with Crippen molar-refractivity contribution in [3.8, 4) is 0 Å². The number of rotatable bonds is 8. The van der Waals surface area contributed by atoms with Crippen molar-refractivity contribution in [2.75, 3.05) is 0 Å². The summed E-state index contributed by atoms with van der Waals surface area (Å²) in [4.78, 5) is 4.81. The highest BCUT2D eigenvalue weighted by molar-refractivity contribution is 5.80. The third kappa shape index (κ3) is 6.75. The molecular weight excluding hydrogens is 254 g/mol. The first-order chi connectivity index (χ1) is 9.74. The molecule has 118 valence electrons.